The Morgan fingerprint density at radius 1 is 1.12 bits per heavy atom. The lowest BCUT2D eigenvalue weighted by Crippen LogP contribution is -2.34. The van der Waals surface area contributed by atoms with E-state index in [4.69, 9.17) is 4.74 Å². The summed E-state index contributed by atoms with van der Waals surface area (Å²) in [5.41, 5.74) is 1.42. The van der Waals surface area contributed by atoms with Crippen molar-refractivity contribution in [2.75, 3.05) is 6.54 Å². The fourth-order valence-electron chi connectivity index (χ4n) is 4.15. The largest absolute Gasteiger partial charge is 0.487 e. The molecular formula is C24H22Br2N2O5S. The number of hydrogen-bond acceptors (Lipinski definition) is 6. The number of carbonyl (C=O) groups is 2. The molecule has 2 amide bonds. The Morgan fingerprint density at radius 3 is 2.50 bits per heavy atom. The topological polar surface area (TPSA) is 89.7 Å². The Bertz CT molecular complexity index is 1140. The van der Waals surface area contributed by atoms with E-state index in [1.54, 1.807) is 18.2 Å². The van der Waals surface area contributed by atoms with Gasteiger partial charge in [0.15, 0.2) is 0 Å². The number of ether oxygens (including phenoxy) is 1. The third kappa shape index (κ3) is 5.90. The molecule has 178 valence electrons. The number of imide groups is 1. The second-order valence-electron chi connectivity index (χ2n) is 8.33. The number of hydrogen-bond donors (Lipinski definition) is 0. The van der Waals surface area contributed by atoms with Gasteiger partial charge in [0.05, 0.1) is 18.8 Å². The van der Waals surface area contributed by atoms with E-state index in [9.17, 15) is 19.7 Å². The summed E-state index contributed by atoms with van der Waals surface area (Å²) >= 11 is 7.98. The average molecular weight is 610 g/mol. The molecule has 7 nitrogen and oxygen atoms in total. The lowest BCUT2D eigenvalue weighted by Gasteiger charge is -2.25. The molecule has 10 heteroatoms. The Morgan fingerprint density at radius 2 is 1.82 bits per heavy atom. The van der Waals surface area contributed by atoms with Crippen molar-refractivity contribution in [3.8, 4) is 5.75 Å². The van der Waals surface area contributed by atoms with Gasteiger partial charge in [-0.15, -0.1) is 0 Å². The number of carbonyl (C=O) groups excluding carboxylic acids is 2. The Balaban J connectivity index is 1.46. The van der Waals surface area contributed by atoms with Gasteiger partial charge < -0.3 is 4.74 Å². The molecule has 0 unspecified atom stereocenters. The minimum absolute atomic E-state index is 0.00649. The number of benzene rings is 2. The SMILES string of the molecule is O=C1S/C(=C/c2cc(Br)c(OCc3cccc([N+](=O)[O-])c3)c(Br)c2)C(=O)N1CC1CCCCC1. The van der Waals surface area contributed by atoms with Crippen LogP contribution >= 0.6 is 43.6 Å². The Kier molecular flexibility index (Phi) is 8.10. The van der Waals surface area contributed by atoms with Crippen molar-refractivity contribution >= 4 is 66.5 Å². The maximum absolute atomic E-state index is 12.9. The lowest BCUT2D eigenvalue weighted by molar-refractivity contribution is -0.384. The van der Waals surface area contributed by atoms with Crippen LogP contribution in [0.2, 0.25) is 0 Å². The van der Waals surface area contributed by atoms with Gasteiger partial charge in [-0.2, -0.15) is 0 Å². The molecule has 0 spiro atoms. The normalized spacial score (nSPS) is 18.1. The molecule has 1 aliphatic heterocycles. The Hall–Kier alpha value is -2.17. The summed E-state index contributed by atoms with van der Waals surface area (Å²) < 4.78 is 7.19. The fourth-order valence-corrected chi connectivity index (χ4v) is 6.45. The van der Waals surface area contributed by atoms with Crippen LogP contribution in [0.25, 0.3) is 6.08 Å². The van der Waals surface area contributed by atoms with Crippen molar-refractivity contribution in [1.29, 1.82) is 0 Å². The molecule has 0 aromatic heterocycles. The van der Waals surface area contributed by atoms with E-state index in [1.807, 2.05) is 12.1 Å². The summed E-state index contributed by atoms with van der Waals surface area (Å²) in [6.45, 7) is 0.651. The van der Waals surface area contributed by atoms with Crippen LogP contribution < -0.4 is 4.74 Å². The first-order valence-electron chi connectivity index (χ1n) is 10.9. The Labute approximate surface area is 218 Å². The van der Waals surface area contributed by atoms with E-state index in [1.165, 1.54) is 23.5 Å². The predicted molar refractivity (Wildman–Crippen MR) is 139 cm³/mol. The first kappa shape index (κ1) is 24.9. The molecular weight excluding hydrogens is 588 g/mol. The molecule has 2 fully saturated rings. The summed E-state index contributed by atoms with van der Waals surface area (Å²) in [6.07, 6.45) is 7.40. The summed E-state index contributed by atoms with van der Waals surface area (Å²) in [5, 5.41) is 10.8. The van der Waals surface area contributed by atoms with E-state index in [-0.39, 0.29) is 23.4 Å². The zero-order chi connectivity index (χ0) is 24.2. The zero-order valence-electron chi connectivity index (χ0n) is 18.2. The molecule has 34 heavy (non-hydrogen) atoms. The van der Waals surface area contributed by atoms with Crippen molar-refractivity contribution in [1.82, 2.24) is 4.90 Å². The molecule has 2 aromatic carbocycles. The molecule has 0 radical (unpaired) electrons. The maximum Gasteiger partial charge on any atom is 0.293 e. The quantitative estimate of drug-likeness (QED) is 0.186. The first-order chi connectivity index (χ1) is 16.3. The highest BCUT2D eigenvalue weighted by Gasteiger charge is 2.36. The predicted octanol–water partition coefficient (Wildman–Crippen LogP) is 7.32. The number of nitro benzene ring substituents is 1. The first-order valence-corrected chi connectivity index (χ1v) is 13.3. The van der Waals surface area contributed by atoms with Crippen LogP contribution in [0.3, 0.4) is 0 Å². The van der Waals surface area contributed by atoms with Gasteiger partial charge in [-0.25, -0.2) is 0 Å². The minimum atomic E-state index is -0.443. The van der Waals surface area contributed by atoms with Crippen molar-refractivity contribution in [3.05, 3.63) is 71.5 Å². The summed E-state index contributed by atoms with van der Waals surface area (Å²) in [4.78, 5) is 37.7. The number of halogens is 2. The van der Waals surface area contributed by atoms with Crippen LogP contribution in [0.1, 0.15) is 43.2 Å². The number of nitro groups is 1. The fraction of sp³-hybridized carbons (Fsp3) is 0.333. The molecule has 0 bridgehead atoms. The molecule has 1 heterocycles. The molecule has 1 saturated heterocycles. The van der Waals surface area contributed by atoms with Gasteiger partial charge in [0.1, 0.15) is 12.4 Å². The van der Waals surface area contributed by atoms with Crippen LogP contribution in [0.4, 0.5) is 10.5 Å². The van der Waals surface area contributed by atoms with Crippen molar-refractivity contribution < 1.29 is 19.2 Å². The van der Waals surface area contributed by atoms with Gasteiger partial charge >= 0.3 is 0 Å². The third-order valence-electron chi connectivity index (χ3n) is 5.86. The smallest absolute Gasteiger partial charge is 0.293 e. The number of nitrogens with zero attached hydrogens (tertiary/aromatic N) is 2. The highest BCUT2D eigenvalue weighted by atomic mass is 79.9. The highest BCUT2D eigenvalue weighted by molar-refractivity contribution is 9.11. The van der Waals surface area contributed by atoms with Gasteiger partial charge in [-0.3, -0.25) is 24.6 Å². The zero-order valence-corrected chi connectivity index (χ0v) is 22.2. The number of thioether (sulfide) groups is 1. The summed E-state index contributed by atoms with van der Waals surface area (Å²) in [6, 6.07) is 9.89. The number of rotatable bonds is 7. The van der Waals surface area contributed by atoms with Crippen LogP contribution in [-0.2, 0) is 11.4 Å². The van der Waals surface area contributed by atoms with Gasteiger partial charge in [0.25, 0.3) is 16.8 Å². The van der Waals surface area contributed by atoms with Crippen molar-refractivity contribution in [2.45, 2.75) is 38.7 Å². The summed E-state index contributed by atoms with van der Waals surface area (Å²) in [7, 11) is 0. The molecule has 0 atom stereocenters. The van der Waals surface area contributed by atoms with Crippen molar-refractivity contribution in [3.63, 3.8) is 0 Å². The van der Waals surface area contributed by atoms with Gasteiger partial charge in [0.2, 0.25) is 0 Å². The van der Waals surface area contributed by atoms with Crippen molar-refractivity contribution in [2.24, 2.45) is 5.92 Å². The van der Waals surface area contributed by atoms with Gasteiger partial charge in [0, 0.05) is 18.7 Å². The second kappa shape index (κ2) is 11.0. The average Bonchev–Trinajstić information content (AvgIpc) is 3.06. The van der Waals surface area contributed by atoms with Crippen LogP contribution in [-0.4, -0.2) is 27.5 Å². The van der Waals surface area contributed by atoms with Crippen LogP contribution in [0.15, 0.2) is 50.2 Å². The summed E-state index contributed by atoms with van der Waals surface area (Å²) in [5.74, 6) is 0.695. The molecule has 2 aromatic rings. The highest BCUT2D eigenvalue weighted by Crippen LogP contribution is 2.39. The van der Waals surface area contributed by atoms with E-state index in [0.29, 0.717) is 37.6 Å². The van der Waals surface area contributed by atoms with E-state index in [2.05, 4.69) is 31.9 Å². The van der Waals surface area contributed by atoms with E-state index < -0.39 is 4.92 Å². The molecule has 0 N–H and O–H groups in total. The van der Waals surface area contributed by atoms with E-state index >= 15 is 0 Å². The minimum Gasteiger partial charge on any atom is -0.487 e. The molecule has 1 saturated carbocycles. The van der Waals surface area contributed by atoms with E-state index in [0.717, 1.165) is 43.0 Å². The van der Waals surface area contributed by atoms with Gasteiger partial charge in [-0.05, 0) is 91.7 Å². The third-order valence-corrected chi connectivity index (χ3v) is 7.95. The van der Waals surface area contributed by atoms with Crippen LogP contribution in [0, 0.1) is 16.0 Å². The number of non-ortho nitro benzene ring substituents is 1. The molecule has 1 aliphatic carbocycles. The second-order valence-corrected chi connectivity index (χ2v) is 11.0. The monoisotopic (exact) mass is 608 g/mol. The van der Waals surface area contributed by atoms with Crippen LogP contribution in [0.5, 0.6) is 5.75 Å². The maximum atomic E-state index is 12.9. The van der Waals surface area contributed by atoms with Gasteiger partial charge in [-0.1, -0.05) is 31.4 Å². The lowest BCUT2D eigenvalue weighted by atomic mass is 9.89. The molecule has 2 aliphatic rings. The molecule has 4 rings (SSSR count). The standard InChI is InChI=1S/C24H22Br2N2O5S/c25-19-10-17(11-20(26)22(19)33-14-16-7-4-8-18(9-16)28(31)32)12-21-23(29)27(24(30)34-21)13-15-5-2-1-3-6-15/h4,7-12,15H,1-3,5-6,13-14H2/b21-12+. The number of amides is 2.